The average molecular weight is 284 g/mol. The number of piperidine rings is 1. The molecule has 1 aromatic carbocycles. The van der Waals surface area contributed by atoms with Crippen LogP contribution in [0, 0.1) is 0 Å². The summed E-state index contributed by atoms with van der Waals surface area (Å²) in [5.74, 6) is 0. The molecule has 0 unspecified atom stereocenters. The molecule has 0 amide bonds. The minimum absolute atomic E-state index is 0.282. The largest absolute Gasteiger partial charge is 0.395 e. The molecule has 1 aromatic rings. The fraction of sp³-hybridized carbons (Fsp3) is 0.538. The number of hydrogen-bond acceptors (Lipinski definition) is 2. The minimum Gasteiger partial charge on any atom is -0.395 e. The SMILES string of the molecule is OC[C@H]1CCCCN1Cc1ccccc1Br. The summed E-state index contributed by atoms with van der Waals surface area (Å²) in [6.07, 6.45) is 3.62. The summed E-state index contributed by atoms with van der Waals surface area (Å²) < 4.78 is 1.16. The molecule has 1 atom stereocenters. The molecule has 2 nitrogen and oxygen atoms in total. The Kier molecular flexibility index (Phi) is 4.38. The van der Waals surface area contributed by atoms with Crippen molar-refractivity contribution in [3.63, 3.8) is 0 Å². The van der Waals surface area contributed by atoms with Crippen LogP contribution in [-0.2, 0) is 6.54 Å². The second kappa shape index (κ2) is 5.80. The summed E-state index contributed by atoms with van der Waals surface area (Å²) in [4.78, 5) is 2.39. The van der Waals surface area contributed by atoms with Crippen LogP contribution in [0.25, 0.3) is 0 Å². The molecule has 0 bridgehead atoms. The number of nitrogens with zero attached hydrogens (tertiary/aromatic N) is 1. The van der Waals surface area contributed by atoms with Crippen LogP contribution in [0.2, 0.25) is 0 Å². The second-order valence-corrected chi connectivity index (χ2v) is 5.25. The fourth-order valence-electron chi connectivity index (χ4n) is 2.32. The van der Waals surface area contributed by atoms with Gasteiger partial charge in [0.1, 0.15) is 0 Å². The molecule has 1 N–H and O–H groups in total. The van der Waals surface area contributed by atoms with Crippen LogP contribution in [0.3, 0.4) is 0 Å². The van der Waals surface area contributed by atoms with E-state index in [-0.39, 0.29) is 6.61 Å². The van der Waals surface area contributed by atoms with E-state index in [1.807, 2.05) is 6.07 Å². The minimum atomic E-state index is 0.282. The highest BCUT2D eigenvalue weighted by atomic mass is 79.9. The fourth-order valence-corrected chi connectivity index (χ4v) is 2.73. The molecule has 0 radical (unpaired) electrons. The molecule has 0 spiro atoms. The van der Waals surface area contributed by atoms with Gasteiger partial charge in [0.05, 0.1) is 6.61 Å². The summed E-state index contributed by atoms with van der Waals surface area (Å²) in [5, 5.41) is 9.36. The highest BCUT2D eigenvalue weighted by Crippen LogP contribution is 2.23. The maximum absolute atomic E-state index is 9.36. The lowest BCUT2D eigenvalue weighted by atomic mass is 10.0. The molecule has 3 heteroatoms. The van der Waals surface area contributed by atoms with E-state index in [4.69, 9.17) is 0 Å². The average Bonchev–Trinajstić information content (AvgIpc) is 2.33. The van der Waals surface area contributed by atoms with Crippen molar-refractivity contribution in [3.05, 3.63) is 34.3 Å². The number of halogens is 1. The Labute approximate surface area is 105 Å². The standard InChI is InChI=1S/C13H18BrNO/c14-13-7-2-1-5-11(13)9-15-8-4-3-6-12(15)10-16/h1-2,5,7,12,16H,3-4,6,8-10H2/t12-/m1/s1. The number of hydrogen-bond donors (Lipinski definition) is 1. The topological polar surface area (TPSA) is 23.5 Å². The zero-order valence-electron chi connectivity index (χ0n) is 9.40. The van der Waals surface area contributed by atoms with Gasteiger partial charge in [-0.1, -0.05) is 40.5 Å². The van der Waals surface area contributed by atoms with Crippen molar-refractivity contribution in [2.45, 2.75) is 31.8 Å². The van der Waals surface area contributed by atoms with E-state index in [0.29, 0.717) is 6.04 Å². The van der Waals surface area contributed by atoms with Crippen molar-refractivity contribution in [1.29, 1.82) is 0 Å². The lowest BCUT2D eigenvalue weighted by Gasteiger charge is -2.34. The Balaban J connectivity index is 2.05. The lowest BCUT2D eigenvalue weighted by molar-refractivity contribution is 0.0839. The van der Waals surface area contributed by atoms with E-state index in [9.17, 15) is 5.11 Å². The molecule has 2 rings (SSSR count). The highest BCUT2D eigenvalue weighted by Gasteiger charge is 2.21. The van der Waals surface area contributed by atoms with E-state index >= 15 is 0 Å². The predicted molar refractivity (Wildman–Crippen MR) is 69.3 cm³/mol. The van der Waals surface area contributed by atoms with Crippen molar-refractivity contribution in [2.24, 2.45) is 0 Å². The second-order valence-electron chi connectivity index (χ2n) is 4.39. The van der Waals surface area contributed by atoms with Gasteiger partial charge in [0.15, 0.2) is 0 Å². The Morgan fingerprint density at radius 2 is 2.12 bits per heavy atom. The third kappa shape index (κ3) is 2.84. The Hall–Kier alpha value is -0.380. The summed E-state index contributed by atoms with van der Waals surface area (Å²) in [6, 6.07) is 8.67. The molecular formula is C13H18BrNO. The van der Waals surface area contributed by atoms with Crippen LogP contribution >= 0.6 is 15.9 Å². The first-order valence-electron chi connectivity index (χ1n) is 5.89. The van der Waals surface area contributed by atoms with Gasteiger partial charge in [0, 0.05) is 17.1 Å². The van der Waals surface area contributed by atoms with Gasteiger partial charge in [-0.15, -0.1) is 0 Å². The molecule has 1 aliphatic heterocycles. The maximum atomic E-state index is 9.36. The van der Waals surface area contributed by atoms with Crippen LogP contribution in [0.1, 0.15) is 24.8 Å². The van der Waals surface area contributed by atoms with Crippen LogP contribution in [0.5, 0.6) is 0 Å². The van der Waals surface area contributed by atoms with Gasteiger partial charge in [0.25, 0.3) is 0 Å². The normalized spacial score (nSPS) is 22.2. The van der Waals surface area contributed by atoms with Crippen molar-refractivity contribution < 1.29 is 5.11 Å². The van der Waals surface area contributed by atoms with Crippen LogP contribution in [-0.4, -0.2) is 29.2 Å². The van der Waals surface area contributed by atoms with Crippen LogP contribution in [0.15, 0.2) is 28.7 Å². The first kappa shape index (κ1) is 12.1. The molecule has 1 aliphatic rings. The first-order chi connectivity index (χ1) is 7.81. The number of aliphatic hydroxyl groups excluding tert-OH is 1. The van der Waals surface area contributed by atoms with Gasteiger partial charge in [-0.25, -0.2) is 0 Å². The molecule has 0 saturated carbocycles. The van der Waals surface area contributed by atoms with Crippen LogP contribution < -0.4 is 0 Å². The number of benzene rings is 1. The lowest BCUT2D eigenvalue weighted by Crippen LogP contribution is -2.41. The van der Waals surface area contributed by atoms with Gasteiger partial charge in [-0.05, 0) is 31.0 Å². The maximum Gasteiger partial charge on any atom is 0.0586 e. The van der Waals surface area contributed by atoms with Gasteiger partial charge < -0.3 is 5.11 Å². The molecule has 1 saturated heterocycles. The zero-order chi connectivity index (χ0) is 11.4. The van der Waals surface area contributed by atoms with E-state index in [2.05, 4.69) is 39.0 Å². The Morgan fingerprint density at radius 3 is 2.88 bits per heavy atom. The number of aliphatic hydroxyl groups is 1. The summed E-state index contributed by atoms with van der Waals surface area (Å²) >= 11 is 3.58. The molecule has 16 heavy (non-hydrogen) atoms. The molecule has 0 aromatic heterocycles. The third-order valence-electron chi connectivity index (χ3n) is 3.29. The zero-order valence-corrected chi connectivity index (χ0v) is 11.0. The molecule has 0 aliphatic carbocycles. The van der Waals surface area contributed by atoms with Gasteiger partial charge >= 0.3 is 0 Å². The monoisotopic (exact) mass is 283 g/mol. The van der Waals surface area contributed by atoms with Gasteiger partial charge in [-0.3, -0.25) is 4.90 Å². The van der Waals surface area contributed by atoms with Gasteiger partial charge in [-0.2, -0.15) is 0 Å². The quantitative estimate of drug-likeness (QED) is 0.922. The van der Waals surface area contributed by atoms with Crippen molar-refractivity contribution in [3.8, 4) is 0 Å². The number of likely N-dealkylation sites (tertiary alicyclic amines) is 1. The Bertz CT molecular complexity index is 342. The predicted octanol–water partition coefficient (Wildman–Crippen LogP) is 2.80. The summed E-state index contributed by atoms with van der Waals surface area (Å²) in [5.41, 5.74) is 1.31. The highest BCUT2D eigenvalue weighted by molar-refractivity contribution is 9.10. The van der Waals surface area contributed by atoms with Crippen molar-refractivity contribution in [1.82, 2.24) is 4.90 Å². The molecular weight excluding hydrogens is 266 g/mol. The smallest absolute Gasteiger partial charge is 0.0586 e. The van der Waals surface area contributed by atoms with E-state index in [0.717, 1.165) is 24.0 Å². The van der Waals surface area contributed by atoms with E-state index < -0.39 is 0 Å². The molecule has 88 valence electrons. The molecule has 1 heterocycles. The molecule has 1 fully saturated rings. The van der Waals surface area contributed by atoms with E-state index in [1.54, 1.807) is 0 Å². The Morgan fingerprint density at radius 1 is 1.31 bits per heavy atom. The number of rotatable bonds is 3. The summed E-state index contributed by atoms with van der Waals surface area (Å²) in [7, 11) is 0. The first-order valence-corrected chi connectivity index (χ1v) is 6.69. The third-order valence-corrected chi connectivity index (χ3v) is 4.06. The van der Waals surface area contributed by atoms with Crippen molar-refractivity contribution in [2.75, 3.05) is 13.2 Å². The van der Waals surface area contributed by atoms with E-state index in [1.165, 1.54) is 18.4 Å². The van der Waals surface area contributed by atoms with Crippen LogP contribution in [0.4, 0.5) is 0 Å². The summed E-state index contributed by atoms with van der Waals surface area (Å²) in [6.45, 7) is 2.32. The van der Waals surface area contributed by atoms with Gasteiger partial charge in [0.2, 0.25) is 0 Å². The van der Waals surface area contributed by atoms with Crippen molar-refractivity contribution >= 4 is 15.9 Å².